The third kappa shape index (κ3) is 3.06. The van der Waals surface area contributed by atoms with E-state index in [9.17, 15) is 9.90 Å². The number of carbonyl (C=O) groups excluding carboxylic acids is 1. The molecule has 0 radical (unpaired) electrons. The van der Waals surface area contributed by atoms with Crippen LogP contribution < -0.4 is 5.73 Å². The molecule has 0 bridgehead atoms. The van der Waals surface area contributed by atoms with Crippen LogP contribution in [0.1, 0.15) is 32.6 Å². The first-order chi connectivity index (χ1) is 9.47. The van der Waals surface area contributed by atoms with Crippen molar-refractivity contribution < 1.29 is 9.90 Å². The summed E-state index contributed by atoms with van der Waals surface area (Å²) in [6, 6.07) is 11.0. The minimum atomic E-state index is -0.434. The quantitative estimate of drug-likeness (QED) is 0.838. The highest BCUT2D eigenvalue weighted by atomic mass is 16.3. The molecule has 0 saturated carbocycles. The Morgan fingerprint density at radius 3 is 2.25 bits per heavy atom. The van der Waals surface area contributed by atoms with Gasteiger partial charge in [0, 0.05) is 5.56 Å². The van der Waals surface area contributed by atoms with Crippen LogP contribution in [0.3, 0.4) is 0 Å². The maximum absolute atomic E-state index is 11.1. The Morgan fingerprint density at radius 2 is 1.65 bits per heavy atom. The minimum Gasteiger partial charge on any atom is -0.507 e. The van der Waals surface area contributed by atoms with E-state index in [-0.39, 0.29) is 0 Å². The molecule has 20 heavy (non-hydrogen) atoms. The molecule has 0 fully saturated rings. The van der Waals surface area contributed by atoms with E-state index in [2.05, 4.69) is 0 Å². The molecule has 0 heterocycles. The Bertz CT molecular complexity index is 664. The number of nitrogens with two attached hydrogens (primary N) is 1. The number of phenolic OH excluding ortho intramolecular Hbond substituents is 1. The van der Waals surface area contributed by atoms with E-state index in [0.29, 0.717) is 11.3 Å². The number of primary amides is 1. The smallest absolute Gasteiger partial charge is 0.248 e. The molecule has 2 aromatic rings. The molecule has 3 N–H and O–H groups in total. The predicted octanol–water partition coefficient (Wildman–Crippen LogP) is 3.28. The fourth-order valence-corrected chi connectivity index (χ4v) is 2.07. The van der Waals surface area contributed by atoms with Gasteiger partial charge in [0.05, 0.1) is 0 Å². The van der Waals surface area contributed by atoms with Crippen LogP contribution in [-0.2, 0) is 0 Å². The highest BCUT2D eigenvalue weighted by Gasteiger charge is 2.02. The van der Waals surface area contributed by atoms with Crippen LogP contribution in [0.5, 0.6) is 5.75 Å². The van der Waals surface area contributed by atoms with Gasteiger partial charge in [-0.3, -0.25) is 4.79 Å². The topological polar surface area (TPSA) is 63.3 Å². The number of aromatic hydroxyl groups is 1. The predicted molar refractivity (Wildman–Crippen MR) is 81.5 cm³/mol. The molecule has 1 amide bonds. The van der Waals surface area contributed by atoms with Gasteiger partial charge in [0.15, 0.2) is 0 Å². The summed E-state index contributed by atoms with van der Waals surface area (Å²) >= 11 is 0. The molecule has 0 unspecified atom stereocenters. The van der Waals surface area contributed by atoms with Gasteiger partial charge in [-0.1, -0.05) is 24.3 Å². The molecule has 3 nitrogen and oxygen atoms in total. The number of carbonyl (C=O) groups is 1. The molecule has 2 aromatic carbocycles. The van der Waals surface area contributed by atoms with Crippen molar-refractivity contribution in [3.63, 3.8) is 0 Å². The molecular formula is C17H17NO2. The first-order valence-corrected chi connectivity index (χ1v) is 6.35. The molecule has 3 heteroatoms. The lowest BCUT2D eigenvalue weighted by molar-refractivity contribution is 0.100. The van der Waals surface area contributed by atoms with Crippen molar-refractivity contribution in [2.24, 2.45) is 5.73 Å². The summed E-state index contributed by atoms with van der Waals surface area (Å²) < 4.78 is 0. The van der Waals surface area contributed by atoms with E-state index in [1.165, 1.54) is 0 Å². The first kappa shape index (κ1) is 13.9. The van der Waals surface area contributed by atoms with Gasteiger partial charge in [0.2, 0.25) is 5.91 Å². The zero-order valence-electron chi connectivity index (χ0n) is 11.6. The van der Waals surface area contributed by atoms with Crippen molar-refractivity contribution in [3.8, 4) is 5.75 Å². The van der Waals surface area contributed by atoms with Gasteiger partial charge < -0.3 is 10.8 Å². The first-order valence-electron chi connectivity index (χ1n) is 6.35. The summed E-state index contributed by atoms with van der Waals surface area (Å²) in [5.74, 6) is -0.102. The van der Waals surface area contributed by atoms with Gasteiger partial charge >= 0.3 is 0 Å². The highest BCUT2D eigenvalue weighted by Crippen LogP contribution is 2.24. The zero-order chi connectivity index (χ0) is 14.7. The van der Waals surface area contributed by atoms with Gasteiger partial charge in [-0.05, 0) is 60.4 Å². The van der Waals surface area contributed by atoms with E-state index in [4.69, 9.17) is 5.73 Å². The lowest BCUT2D eigenvalue weighted by Gasteiger charge is -2.04. The van der Waals surface area contributed by atoms with Crippen LogP contribution in [0, 0.1) is 13.8 Å². The van der Waals surface area contributed by atoms with Gasteiger partial charge in [-0.2, -0.15) is 0 Å². The van der Waals surface area contributed by atoms with Crippen LogP contribution in [0.25, 0.3) is 12.2 Å². The Kier molecular flexibility index (Phi) is 3.89. The summed E-state index contributed by atoms with van der Waals surface area (Å²) in [6.45, 7) is 3.74. The Morgan fingerprint density at radius 1 is 1.05 bits per heavy atom. The van der Waals surface area contributed by atoms with E-state index < -0.39 is 5.91 Å². The third-order valence-corrected chi connectivity index (χ3v) is 3.15. The fourth-order valence-electron chi connectivity index (χ4n) is 2.07. The Hall–Kier alpha value is -2.55. The van der Waals surface area contributed by atoms with Crippen LogP contribution in [0.15, 0.2) is 36.4 Å². The lowest BCUT2D eigenvalue weighted by atomic mass is 10.0. The summed E-state index contributed by atoms with van der Waals surface area (Å²) in [6.07, 6.45) is 3.86. The van der Waals surface area contributed by atoms with Crippen LogP contribution >= 0.6 is 0 Å². The van der Waals surface area contributed by atoms with Gasteiger partial charge in [0.25, 0.3) is 0 Å². The van der Waals surface area contributed by atoms with Gasteiger partial charge in [0.1, 0.15) is 5.75 Å². The minimum absolute atomic E-state index is 0.331. The number of rotatable bonds is 3. The fraction of sp³-hybridized carbons (Fsp3) is 0.118. The van der Waals surface area contributed by atoms with Crippen molar-refractivity contribution in [2.45, 2.75) is 13.8 Å². The van der Waals surface area contributed by atoms with E-state index in [0.717, 1.165) is 22.3 Å². The molecule has 0 aliphatic carbocycles. The van der Waals surface area contributed by atoms with Crippen LogP contribution in [0.4, 0.5) is 0 Å². The lowest BCUT2D eigenvalue weighted by Crippen LogP contribution is -2.10. The second kappa shape index (κ2) is 5.61. The average molecular weight is 267 g/mol. The van der Waals surface area contributed by atoms with Crippen molar-refractivity contribution in [1.29, 1.82) is 0 Å². The highest BCUT2D eigenvalue weighted by molar-refractivity contribution is 5.93. The van der Waals surface area contributed by atoms with E-state index in [1.54, 1.807) is 18.2 Å². The number of benzene rings is 2. The van der Waals surface area contributed by atoms with Crippen LogP contribution in [0.2, 0.25) is 0 Å². The molecule has 0 atom stereocenters. The Labute approximate surface area is 118 Å². The van der Waals surface area contributed by atoms with E-state index in [1.807, 2.05) is 44.2 Å². The van der Waals surface area contributed by atoms with Crippen molar-refractivity contribution in [1.82, 2.24) is 0 Å². The molecule has 0 aliphatic rings. The number of phenols is 1. The standard InChI is InChI=1S/C17H17NO2/c1-11-8-14(9-12(2)16(11)19)7-6-13-4-3-5-15(10-13)17(18)20/h3-10,19H,1-2H3,(H2,18,20)/b7-6+. The normalized spacial score (nSPS) is 10.9. The number of aryl methyl sites for hydroxylation is 2. The molecule has 2 rings (SSSR count). The molecule has 0 saturated heterocycles. The van der Waals surface area contributed by atoms with Crippen LogP contribution in [-0.4, -0.2) is 11.0 Å². The number of hydrogen-bond donors (Lipinski definition) is 2. The monoisotopic (exact) mass is 267 g/mol. The summed E-state index contributed by atoms with van der Waals surface area (Å²) in [7, 11) is 0. The third-order valence-electron chi connectivity index (χ3n) is 3.15. The molecule has 0 aliphatic heterocycles. The SMILES string of the molecule is Cc1cc(/C=C/c2cccc(C(N)=O)c2)cc(C)c1O. The van der Waals surface area contributed by atoms with E-state index >= 15 is 0 Å². The second-order valence-corrected chi connectivity index (χ2v) is 4.83. The maximum atomic E-state index is 11.1. The molecular weight excluding hydrogens is 250 g/mol. The molecule has 0 aromatic heterocycles. The van der Waals surface area contributed by atoms with Crippen molar-refractivity contribution in [3.05, 3.63) is 64.2 Å². The van der Waals surface area contributed by atoms with Gasteiger partial charge in [-0.15, -0.1) is 0 Å². The van der Waals surface area contributed by atoms with Gasteiger partial charge in [-0.25, -0.2) is 0 Å². The second-order valence-electron chi connectivity index (χ2n) is 4.83. The average Bonchev–Trinajstić information content (AvgIpc) is 2.42. The molecule has 0 spiro atoms. The number of amides is 1. The largest absolute Gasteiger partial charge is 0.507 e. The number of hydrogen-bond acceptors (Lipinski definition) is 2. The van der Waals surface area contributed by atoms with Crippen molar-refractivity contribution in [2.75, 3.05) is 0 Å². The summed E-state index contributed by atoms with van der Waals surface area (Å²) in [5.41, 5.74) is 9.34. The zero-order valence-corrected chi connectivity index (χ0v) is 11.6. The maximum Gasteiger partial charge on any atom is 0.248 e. The van der Waals surface area contributed by atoms with Crippen molar-refractivity contribution >= 4 is 18.1 Å². The summed E-state index contributed by atoms with van der Waals surface area (Å²) in [5, 5.41) is 9.74. The molecule has 102 valence electrons. The Balaban J connectivity index is 2.30. The summed E-state index contributed by atoms with van der Waals surface area (Å²) in [4.78, 5) is 11.1.